The number of hydrogen-bond acceptors (Lipinski definition) is 4. The molecule has 0 radical (unpaired) electrons. The van der Waals surface area contributed by atoms with Gasteiger partial charge in [0.15, 0.2) is 0 Å². The Morgan fingerprint density at radius 2 is 1.74 bits per heavy atom. The summed E-state index contributed by atoms with van der Waals surface area (Å²) < 4.78 is 39.3. The summed E-state index contributed by atoms with van der Waals surface area (Å²) >= 11 is 0. The van der Waals surface area contributed by atoms with Crippen molar-refractivity contribution in [2.24, 2.45) is 5.41 Å². The van der Waals surface area contributed by atoms with Crippen molar-refractivity contribution >= 4 is 21.6 Å². The number of rotatable bonds is 3. The highest BCUT2D eigenvalue weighted by Gasteiger charge is 2.73. The highest BCUT2D eigenvalue weighted by atomic mass is 32.2. The lowest BCUT2D eigenvalue weighted by Crippen LogP contribution is -2.70. The van der Waals surface area contributed by atoms with E-state index in [1.807, 2.05) is 4.72 Å². The van der Waals surface area contributed by atoms with Gasteiger partial charge in [0.1, 0.15) is 5.67 Å². The van der Waals surface area contributed by atoms with Crippen LogP contribution in [0.15, 0.2) is 29.2 Å². The standard InChI is InChI=1S/C12H13FN2O3S/c13-12-5-11(6-12,7-12)10(16)15-19(17,18)9-3-1-8(14)2-4-9/h1-4H,5-7,14H2,(H,15,16). The minimum Gasteiger partial charge on any atom is -0.399 e. The molecule has 0 spiro atoms. The van der Waals surface area contributed by atoms with Crippen LogP contribution in [0.3, 0.4) is 0 Å². The highest BCUT2D eigenvalue weighted by Crippen LogP contribution is 2.69. The van der Waals surface area contributed by atoms with Crippen molar-refractivity contribution < 1.29 is 17.6 Å². The van der Waals surface area contributed by atoms with Crippen molar-refractivity contribution in [2.45, 2.75) is 29.8 Å². The summed E-state index contributed by atoms with van der Waals surface area (Å²) in [6, 6.07) is 5.53. The van der Waals surface area contributed by atoms with Gasteiger partial charge >= 0.3 is 0 Å². The van der Waals surface area contributed by atoms with Crippen LogP contribution in [0.25, 0.3) is 0 Å². The third-order valence-corrected chi connectivity index (χ3v) is 5.21. The first-order chi connectivity index (χ1) is 8.75. The number of amides is 1. The predicted molar refractivity (Wildman–Crippen MR) is 66.3 cm³/mol. The van der Waals surface area contributed by atoms with E-state index in [4.69, 9.17) is 5.73 Å². The van der Waals surface area contributed by atoms with Gasteiger partial charge in [0.2, 0.25) is 5.91 Å². The van der Waals surface area contributed by atoms with Crippen molar-refractivity contribution in [1.29, 1.82) is 0 Å². The first-order valence-electron chi connectivity index (χ1n) is 5.87. The first-order valence-corrected chi connectivity index (χ1v) is 7.35. The minimum atomic E-state index is -3.91. The summed E-state index contributed by atoms with van der Waals surface area (Å²) in [5, 5.41) is 0. The molecule has 0 atom stereocenters. The van der Waals surface area contributed by atoms with Gasteiger partial charge in [-0.2, -0.15) is 0 Å². The Labute approximate surface area is 110 Å². The third kappa shape index (κ3) is 1.80. The zero-order valence-electron chi connectivity index (χ0n) is 10.0. The molecule has 19 heavy (non-hydrogen) atoms. The normalized spacial score (nSPS) is 32.1. The maximum absolute atomic E-state index is 13.3. The molecule has 0 aliphatic heterocycles. The number of sulfonamides is 1. The summed E-state index contributed by atoms with van der Waals surface area (Å²) in [4.78, 5) is 11.9. The number of nitrogens with two attached hydrogens (primary N) is 1. The third-order valence-electron chi connectivity index (χ3n) is 3.86. The molecule has 102 valence electrons. The van der Waals surface area contributed by atoms with Crippen LogP contribution in [0, 0.1) is 5.41 Å². The van der Waals surface area contributed by atoms with Crippen LogP contribution in [0.5, 0.6) is 0 Å². The Morgan fingerprint density at radius 1 is 1.21 bits per heavy atom. The smallest absolute Gasteiger partial charge is 0.264 e. The highest BCUT2D eigenvalue weighted by molar-refractivity contribution is 7.90. The zero-order chi connectivity index (χ0) is 13.9. The summed E-state index contributed by atoms with van der Waals surface area (Å²) in [5.41, 5.74) is 3.86. The fraction of sp³-hybridized carbons (Fsp3) is 0.417. The lowest BCUT2D eigenvalue weighted by Gasteiger charge is -2.63. The van der Waals surface area contributed by atoms with Gasteiger partial charge in [0.05, 0.1) is 10.3 Å². The molecule has 0 heterocycles. The van der Waals surface area contributed by atoms with Gasteiger partial charge in [-0.1, -0.05) is 0 Å². The van der Waals surface area contributed by atoms with Gasteiger partial charge < -0.3 is 5.73 Å². The molecule has 5 nitrogen and oxygen atoms in total. The van der Waals surface area contributed by atoms with Crippen molar-refractivity contribution in [3.05, 3.63) is 24.3 Å². The van der Waals surface area contributed by atoms with E-state index in [0.717, 1.165) is 0 Å². The largest absolute Gasteiger partial charge is 0.399 e. The van der Waals surface area contributed by atoms with E-state index in [1.54, 1.807) is 0 Å². The fourth-order valence-corrected chi connectivity index (χ4v) is 3.91. The molecule has 3 aliphatic carbocycles. The lowest BCUT2D eigenvalue weighted by molar-refractivity contribution is -0.212. The van der Waals surface area contributed by atoms with Crippen molar-refractivity contribution in [1.82, 2.24) is 4.72 Å². The summed E-state index contributed by atoms with van der Waals surface area (Å²) in [5.74, 6) is -0.608. The van der Waals surface area contributed by atoms with Gasteiger partial charge in [-0.15, -0.1) is 0 Å². The van der Waals surface area contributed by atoms with Gasteiger partial charge in [-0.25, -0.2) is 17.5 Å². The monoisotopic (exact) mass is 284 g/mol. The maximum Gasteiger partial charge on any atom is 0.264 e. The van der Waals surface area contributed by atoms with Crippen LogP contribution in [0.2, 0.25) is 0 Å². The van der Waals surface area contributed by atoms with Gasteiger partial charge in [0.25, 0.3) is 10.0 Å². The molecular weight excluding hydrogens is 271 g/mol. The van der Waals surface area contributed by atoms with Crippen molar-refractivity contribution in [3.8, 4) is 0 Å². The Balaban J connectivity index is 1.76. The summed E-state index contributed by atoms with van der Waals surface area (Å²) in [6.07, 6.45) is 0.384. The van der Waals surface area contributed by atoms with Crippen LogP contribution >= 0.6 is 0 Å². The van der Waals surface area contributed by atoms with E-state index in [0.29, 0.717) is 5.69 Å². The molecule has 0 aromatic heterocycles. The van der Waals surface area contributed by atoms with Crippen LogP contribution in [0.1, 0.15) is 19.3 Å². The number of hydrogen-bond donors (Lipinski definition) is 2. The van der Waals surface area contributed by atoms with Crippen molar-refractivity contribution in [2.75, 3.05) is 5.73 Å². The topological polar surface area (TPSA) is 89.3 Å². The summed E-state index contributed by atoms with van der Waals surface area (Å²) in [6.45, 7) is 0. The molecule has 3 saturated carbocycles. The van der Waals surface area contributed by atoms with Crippen molar-refractivity contribution in [3.63, 3.8) is 0 Å². The second-order valence-electron chi connectivity index (χ2n) is 5.47. The second kappa shape index (κ2) is 3.47. The number of carbonyl (C=O) groups excluding carboxylic acids is 1. The predicted octanol–water partition coefficient (Wildman–Crippen LogP) is 0.966. The van der Waals surface area contributed by atoms with E-state index in [2.05, 4.69) is 0 Å². The molecule has 0 unspecified atom stereocenters. The number of carbonyl (C=O) groups is 1. The zero-order valence-corrected chi connectivity index (χ0v) is 10.8. The van der Waals surface area contributed by atoms with Gasteiger partial charge in [-0.3, -0.25) is 4.79 Å². The average molecular weight is 284 g/mol. The van der Waals surface area contributed by atoms with E-state index >= 15 is 0 Å². The number of halogens is 1. The van der Waals surface area contributed by atoms with E-state index < -0.39 is 27.0 Å². The quantitative estimate of drug-likeness (QED) is 0.809. The SMILES string of the molecule is Nc1ccc(S(=O)(=O)NC(=O)C23CC(F)(C2)C3)cc1. The molecular formula is C12H13FN2O3S. The minimum absolute atomic E-state index is 0.0309. The Morgan fingerprint density at radius 3 is 2.21 bits per heavy atom. The second-order valence-corrected chi connectivity index (χ2v) is 7.15. The Kier molecular flexibility index (Phi) is 2.27. The number of anilines is 1. The Hall–Kier alpha value is -1.63. The van der Waals surface area contributed by atoms with E-state index in [9.17, 15) is 17.6 Å². The van der Waals surface area contributed by atoms with E-state index in [-0.39, 0.29) is 24.2 Å². The molecule has 7 heteroatoms. The molecule has 1 aromatic carbocycles. The Bertz CT molecular complexity index is 634. The molecule has 3 N–H and O–H groups in total. The van der Waals surface area contributed by atoms with Gasteiger partial charge in [0, 0.05) is 5.69 Å². The lowest BCUT2D eigenvalue weighted by atomic mass is 9.42. The maximum atomic E-state index is 13.3. The van der Waals surface area contributed by atoms with Gasteiger partial charge in [-0.05, 0) is 43.5 Å². The molecule has 4 rings (SSSR count). The average Bonchev–Trinajstić information content (AvgIpc) is 2.23. The number of alkyl halides is 1. The molecule has 1 aromatic rings. The fourth-order valence-electron chi connectivity index (χ4n) is 2.84. The first kappa shape index (κ1) is 12.4. The van der Waals surface area contributed by atoms with Crippen LogP contribution in [-0.2, 0) is 14.8 Å². The van der Waals surface area contributed by atoms with Crippen LogP contribution < -0.4 is 10.5 Å². The number of nitrogens with one attached hydrogen (secondary N) is 1. The summed E-state index contributed by atoms with van der Waals surface area (Å²) in [7, 11) is -3.91. The number of benzene rings is 1. The molecule has 2 bridgehead atoms. The molecule has 3 aliphatic rings. The molecule has 0 saturated heterocycles. The van der Waals surface area contributed by atoms with E-state index in [1.165, 1.54) is 24.3 Å². The van der Waals surface area contributed by atoms with Crippen LogP contribution in [-0.4, -0.2) is 20.0 Å². The molecule has 3 fully saturated rings. The molecule has 1 amide bonds. The number of nitrogen functional groups attached to an aromatic ring is 1. The van der Waals surface area contributed by atoms with Crippen LogP contribution in [0.4, 0.5) is 10.1 Å².